The number of nitrogens with one attached hydrogen (secondary N) is 2. The minimum atomic E-state index is -0.308. The van der Waals surface area contributed by atoms with Gasteiger partial charge >= 0.3 is 0 Å². The Balaban J connectivity index is 1.55. The number of nitrogens with zero attached hydrogens (tertiary/aromatic N) is 2. The molecule has 0 spiro atoms. The van der Waals surface area contributed by atoms with Crippen LogP contribution in [0.4, 0.5) is 15.8 Å². The van der Waals surface area contributed by atoms with Crippen molar-refractivity contribution in [2.45, 2.75) is 25.3 Å². The number of aromatic nitrogens is 2. The maximum atomic E-state index is 14.8. The number of thiophene rings is 1. The molecule has 7 heteroatoms. The second kappa shape index (κ2) is 6.26. The molecule has 26 heavy (non-hydrogen) atoms. The van der Waals surface area contributed by atoms with Crippen molar-refractivity contribution in [2.24, 2.45) is 0 Å². The third-order valence-corrected chi connectivity index (χ3v) is 7.02. The van der Waals surface area contributed by atoms with E-state index in [0.29, 0.717) is 23.2 Å². The van der Waals surface area contributed by atoms with Crippen LogP contribution >= 0.6 is 22.7 Å². The first-order chi connectivity index (χ1) is 12.7. The van der Waals surface area contributed by atoms with Gasteiger partial charge in [-0.15, -0.1) is 22.7 Å². The zero-order chi connectivity index (χ0) is 17.7. The van der Waals surface area contributed by atoms with Gasteiger partial charge in [0.15, 0.2) is 5.82 Å². The maximum absolute atomic E-state index is 14.8. The zero-order valence-corrected chi connectivity index (χ0v) is 15.8. The monoisotopic (exact) mass is 384 g/mol. The highest BCUT2D eigenvalue weighted by Crippen LogP contribution is 2.39. The molecule has 4 aromatic rings. The van der Waals surface area contributed by atoms with Gasteiger partial charge in [-0.2, -0.15) is 0 Å². The molecule has 0 bridgehead atoms. The fraction of sp³-hybridized carbons (Fsp3) is 0.263. The third kappa shape index (κ3) is 2.58. The molecule has 1 aromatic carbocycles. The van der Waals surface area contributed by atoms with E-state index in [9.17, 15) is 4.39 Å². The predicted molar refractivity (Wildman–Crippen MR) is 107 cm³/mol. The Bertz CT molecular complexity index is 1100. The molecule has 4 heterocycles. The molecule has 2 N–H and O–H groups in total. The summed E-state index contributed by atoms with van der Waals surface area (Å²) in [6, 6.07) is 8.27. The molecule has 132 valence electrons. The summed E-state index contributed by atoms with van der Waals surface area (Å²) in [5.41, 5.74) is 3.41. The molecule has 1 aliphatic heterocycles. The summed E-state index contributed by atoms with van der Waals surface area (Å²) >= 11 is 3.18. The summed E-state index contributed by atoms with van der Waals surface area (Å²) in [7, 11) is 0. The minimum absolute atomic E-state index is 0.308. The zero-order valence-electron chi connectivity index (χ0n) is 14.1. The number of benzene rings is 1. The fourth-order valence-corrected chi connectivity index (χ4v) is 5.58. The van der Waals surface area contributed by atoms with Crippen LogP contribution in [0.15, 0.2) is 36.0 Å². The predicted octanol–water partition coefficient (Wildman–Crippen LogP) is 5.25. The van der Waals surface area contributed by atoms with Crippen LogP contribution in [-0.2, 0) is 0 Å². The molecule has 3 aromatic heterocycles. The molecule has 5 rings (SSSR count). The van der Waals surface area contributed by atoms with Crippen molar-refractivity contribution in [1.29, 1.82) is 0 Å². The molecule has 2 atom stereocenters. The number of halogens is 1. The lowest BCUT2D eigenvalue weighted by Crippen LogP contribution is -2.20. The van der Waals surface area contributed by atoms with Crippen molar-refractivity contribution >= 4 is 54.5 Å². The quantitative estimate of drug-likeness (QED) is 0.506. The second-order valence-electron chi connectivity index (χ2n) is 6.62. The lowest BCUT2D eigenvalue weighted by atomic mass is 10.00. The molecular weight excluding hydrogens is 367 g/mol. The number of hydrogen-bond acceptors (Lipinski definition) is 6. The largest absolute Gasteiger partial charge is 0.352 e. The first kappa shape index (κ1) is 16.1. The molecule has 1 aliphatic rings. The number of pyridine rings is 1. The van der Waals surface area contributed by atoms with E-state index in [0.717, 1.165) is 33.6 Å². The second-order valence-corrected chi connectivity index (χ2v) is 8.56. The Morgan fingerprint density at radius 2 is 2.15 bits per heavy atom. The van der Waals surface area contributed by atoms with Crippen LogP contribution in [0.5, 0.6) is 0 Å². The molecule has 4 nitrogen and oxygen atoms in total. The molecule has 0 amide bonds. The minimum Gasteiger partial charge on any atom is -0.352 e. The molecule has 0 aliphatic carbocycles. The van der Waals surface area contributed by atoms with Gasteiger partial charge in [0.25, 0.3) is 0 Å². The van der Waals surface area contributed by atoms with E-state index in [1.807, 2.05) is 12.1 Å². The van der Waals surface area contributed by atoms with E-state index in [1.165, 1.54) is 16.2 Å². The molecule has 0 unspecified atom stereocenters. The van der Waals surface area contributed by atoms with Crippen molar-refractivity contribution in [3.05, 3.63) is 46.7 Å². The van der Waals surface area contributed by atoms with Gasteiger partial charge in [-0.3, -0.25) is 0 Å². The smallest absolute Gasteiger partial charge is 0.173 e. The topological polar surface area (TPSA) is 49.8 Å². The Kier molecular flexibility index (Phi) is 3.88. The average Bonchev–Trinajstić information content (AvgIpc) is 3.36. The summed E-state index contributed by atoms with van der Waals surface area (Å²) in [6.45, 7) is 3.28. The number of anilines is 2. The SMILES string of the molecule is C[C@H]1NCC[C@H]1c1cc2c(Nc3ccc4scnc4c3F)ccnc2s1. The van der Waals surface area contributed by atoms with Gasteiger partial charge in [0, 0.05) is 28.4 Å². The number of rotatable bonds is 3. The van der Waals surface area contributed by atoms with E-state index < -0.39 is 0 Å². The van der Waals surface area contributed by atoms with Crippen molar-refractivity contribution < 1.29 is 4.39 Å². The Labute approximate surface area is 158 Å². The molecule has 1 saturated heterocycles. The lowest BCUT2D eigenvalue weighted by Gasteiger charge is -2.12. The Morgan fingerprint density at radius 3 is 3.00 bits per heavy atom. The summed E-state index contributed by atoms with van der Waals surface area (Å²) in [6.07, 6.45) is 2.92. The normalized spacial score (nSPS) is 20.2. The fourth-order valence-electron chi connectivity index (χ4n) is 3.64. The van der Waals surface area contributed by atoms with Crippen molar-refractivity contribution in [3.63, 3.8) is 0 Å². The van der Waals surface area contributed by atoms with Crippen LogP contribution in [0.2, 0.25) is 0 Å². The van der Waals surface area contributed by atoms with E-state index in [4.69, 9.17) is 0 Å². The van der Waals surface area contributed by atoms with E-state index in [-0.39, 0.29) is 5.82 Å². The third-order valence-electron chi connectivity index (χ3n) is 5.06. The van der Waals surface area contributed by atoms with Gasteiger partial charge in [0.05, 0.1) is 21.6 Å². The number of fused-ring (bicyclic) bond motifs is 2. The van der Waals surface area contributed by atoms with Gasteiger partial charge in [-0.1, -0.05) is 0 Å². The van der Waals surface area contributed by atoms with Gasteiger partial charge in [0.2, 0.25) is 0 Å². The Hall–Kier alpha value is -2.09. The van der Waals surface area contributed by atoms with Crippen LogP contribution < -0.4 is 10.6 Å². The summed E-state index contributed by atoms with van der Waals surface area (Å²) < 4.78 is 15.6. The summed E-state index contributed by atoms with van der Waals surface area (Å²) in [4.78, 5) is 11.0. The summed E-state index contributed by atoms with van der Waals surface area (Å²) in [5, 5.41) is 7.80. The van der Waals surface area contributed by atoms with Crippen molar-refractivity contribution in [3.8, 4) is 0 Å². The van der Waals surface area contributed by atoms with Crippen LogP contribution in [0, 0.1) is 5.82 Å². The van der Waals surface area contributed by atoms with Crippen LogP contribution in [0.3, 0.4) is 0 Å². The maximum Gasteiger partial charge on any atom is 0.173 e. The average molecular weight is 385 g/mol. The van der Waals surface area contributed by atoms with E-state index in [2.05, 4.69) is 33.6 Å². The highest BCUT2D eigenvalue weighted by atomic mass is 32.1. The summed E-state index contributed by atoms with van der Waals surface area (Å²) in [5.74, 6) is 0.211. The van der Waals surface area contributed by atoms with Crippen LogP contribution in [0.1, 0.15) is 24.1 Å². The van der Waals surface area contributed by atoms with Gasteiger partial charge in [0.1, 0.15) is 10.3 Å². The van der Waals surface area contributed by atoms with Gasteiger partial charge < -0.3 is 10.6 Å². The molecular formula is C19H17FN4S2. The number of hydrogen-bond donors (Lipinski definition) is 2. The van der Waals surface area contributed by atoms with Gasteiger partial charge in [-0.05, 0) is 44.2 Å². The van der Waals surface area contributed by atoms with E-state index in [1.54, 1.807) is 29.1 Å². The standard InChI is InChI=1S/C19H17FN4S2/c1-10-11(4-6-21-10)16-8-12-13(5-7-22-19(12)26-16)24-14-2-3-15-18(17(14)20)23-9-25-15/h2-3,5,7-11,21H,4,6H2,1H3,(H,22,24)/t10-,11-/m1/s1. The first-order valence-corrected chi connectivity index (χ1v) is 10.3. The molecule has 0 radical (unpaired) electrons. The molecule has 0 saturated carbocycles. The molecule has 1 fully saturated rings. The lowest BCUT2D eigenvalue weighted by molar-refractivity contribution is 0.602. The highest BCUT2D eigenvalue weighted by molar-refractivity contribution is 7.18. The van der Waals surface area contributed by atoms with Crippen LogP contribution in [-0.4, -0.2) is 22.6 Å². The highest BCUT2D eigenvalue weighted by Gasteiger charge is 2.26. The van der Waals surface area contributed by atoms with Crippen LogP contribution in [0.25, 0.3) is 20.4 Å². The van der Waals surface area contributed by atoms with E-state index >= 15 is 0 Å². The Morgan fingerprint density at radius 1 is 1.23 bits per heavy atom. The van der Waals surface area contributed by atoms with Crippen molar-refractivity contribution in [1.82, 2.24) is 15.3 Å². The number of thiazole rings is 1. The first-order valence-electron chi connectivity index (χ1n) is 8.61. The van der Waals surface area contributed by atoms with Crippen molar-refractivity contribution in [2.75, 3.05) is 11.9 Å². The van der Waals surface area contributed by atoms with Gasteiger partial charge in [-0.25, -0.2) is 14.4 Å².